The summed E-state index contributed by atoms with van der Waals surface area (Å²) in [5, 5.41) is 10.7. The molecule has 2 nitrogen and oxygen atoms in total. The van der Waals surface area contributed by atoms with Crippen LogP contribution in [0.5, 0.6) is 0 Å². The smallest absolute Gasteiger partial charge is 0.192 e. The Hall–Kier alpha value is -1.16. The maximum atomic E-state index is 12.1. The van der Waals surface area contributed by atoms with Gasteiger partial charge in [-0.05, 0) is 29.8 Å². The molecule has 1 N–H and O–H groups in total. The van der Waals surface area contributed by atoms with Crippen molar-refractivity contribution in [3.05, 3.63) is 70.7 Å². The van der Waals surface area contributed by atoms with Crippen molar-refractivity contribution in [2.75, 3.05) is 0 Å². The Morgan fingerprint density at radius 2 is 1.63 bits per heavy atom. The number of halogens is 2. The summed E-state index contributed by atoms with van der Waals surface area (Å²) < 4.78 is 0. The van der Waals surface area contributed by atoms with Gasteiger partial charge in [0, 0.05) is 10.6 Å². The number of carbonyl (C=O) groups is 1. The van der Waals surface area contributed by atoms with Gasteiger partial charge in [-0.15, -0.1) is 0 Å². The Bertz CT molecular complexity index is 554. The number of hydrogen-bond acceptors (Lipinski definition) is 2. The normalized spacial score (nSPS) is 13.8. The first-order valence-corrected chi connectivity index (χ1v) is 7.06. The summed E-state index contributed by atoms with van der Waals surface area (Å²) in [6.07, 6.45) is -1.14. The average Bonchev–Trinajstić information content (AvgIpc) is 2.46. The van der Waals surface area contributed by atoms with Gasteiger partial charge in [0.05, 0.1) is 4.83 Å². The third kappa shape index (κ3) is 3.44. The lowest BCUT2D eigenvalue weighted by Gasteiger charge is -2.16. The van der Waals surface area contributed by atoms with Gasteiger partial charge in [-0.1, -0.05) is 57.9 Å². The second-order valence-corrected chi connectivity index (χ2v) is 5.55. The summed E-state index contributed by atoms with van der Waals surface area (Å²) in [7, 11) is 0. The third-order valence-corrected chi connectivity index (χ3v) is 4.07. The Labute approximate surface area is 125 Å². The number of rotatable bonds is 4. The highest BCUT2D eigenvalue weighted by Gasteiger charge is 2.26. The topological polar surface area (TPSA) is 37.3 Å². The Balaban J connectivity index is 2.17. The van der Waals surface area contributed by atoms with Crippen LogP contribution in [0.4, 0.5) is 0 Å². The first-order valence-electron chi connectivity index (χ1n) is 5.76. The third-order valence-electron chi connectivity index (χ3n) is 2.79. The van der Waals surface area contributed by atoms with Gasteiger partial charge in [0.15, 0.2) is 5.78 Å². The van der Waals surface area contributed by atoms with Crippen LogP contribution in [0.25, 0.3) is 0 Å². The highest BCUT2D eigenvalue weighted by molar-refractivity contribution is 9.09. The van der Waals surface area contributed by atoms with Crippen LogP contribution in [-0.4, -0.2) is 17.0 Å². The lowest BCUT2D eigenvalue weighted by atomic mass is 10.00. The summed E-state index contributed by atoms with van der Waals surface area (Å²) in [6, 6.07) is 15.8. The van der Waals surface area contributed by atoms with Crippen LogP contribution >= 0.6 is 27.5 Å². The Kier molecular flexibility index (Phi) is 4.75. The highest BCUT2D eigenvalue weighted by Crippen LogP contribution is 2.28. The minimum absolute atomic E-state index is 0.331. The molecule has 98 valence electrons. The maximum absolute atomic E-state index is 12.1. The van der Waals surface area contributed by atoms with E-state index in [0.717, 1.165) is 5.56 Å². The molecule has 0 aromatic heterocycles. The molecule has 0 radical (unpaired) electrons. The standard InChI is InChI=1S/C15H12BrClO2/c16-13(10-4-2-1-3-5-10)15(19)14(18)11-6-8-12(17)9-7-11/h1-9,13,15,19H/t13-,15+/m1/s1. The second-order valence-electron chi connectivity index (χ2n) is 4.13. The monoisotopic (exact) mass is 338 g/mol. The van der Waals surface area contributed by atoms with E-state index in [9.17, 15) is 9.90 Å². The van der Waals surface area contributed by atoms with Crippen molar-refractivity contribution in [3.63, 3.8) is 0 Å². The van der Waals surface area contributed by atoms with E-state index in [1.54, 1.807) is 24.3 Å². The number of hydrogen-bond donors (Lipinski definition) is 1. The van der Waals surface area contributed by atoms with E-state index in [2.05, 4.69) is 15.9 Å². The predicted octanol–water partition coefficient (Wildman–Crippen LogP) is 4.02. The molecule has 2 aromatic carbocycles. The largest absolute Gasteiger partial charge is 0.383 e. The van der Waals surface area contributed by atoms with Crippen molar-refractivity contribution in [3.8, 4) is 0 Å². The van der Waals surface area contributed by atoms with E-state index in [1.807, 2.05) is 30.3 Å². The molecule has 0 amide bonds. The molecule has 0 aliphatic rings. The zero-order valence-electron chi connectivity index (χ0n) is 9.96. The summed E-state index contributed by atoms with van der Waals surface area (Å²) in [5.41, 5.74) is 1.30. The number of Topliss-reactive ketones (excluding diaryl/α,β-unsaturated/α-hetero) is 1. The Morgan fingerprint density at radius 1 is 1.05 bits per heavy atom. The molecule has 0 saturated carbocycles. The maximum Gasteiger partial charge on any atom is 0.192 e. The summed E-state index contributed by atoms with van der Waals surface area (Å²) in [5.74, 6) is -0.331. The quantitative estimate of drug-likeness (QED) is 0.675. The lowest BCUT2D eigenvalue weighted by molar-refractivity contribution is 0.0746. The van der Waals surface area contributed by atoms with Crippen molar-refractivity contribution in [1.82, 2.24) is 0 Å². The molecular formula is C15H12BrClO2. The molecule has 19 heavy (non-hydrogen) atoms. The van der Waals surface area contributed by atoms with Crippen LogP contribution in [0, 0.1) is 0 Å². The molecule has 0 heterocycles. The lowest BCUT2D eigenvalue weighted by Crippen LogP contribution is -2.25. The highest BCUT2D eigenvalue weighted by atomic mass is 79.9. The fraction of sp³-hybridized carbons (Fsp3) is 0.133. The molecule has 2 aromatic rings. The van der Waals surface area contributed by atoms with Crippen molar-refractivity contribution in [2.45, 2.75) is 10.9 Å². The molecule has 2 rings (SSSR count). The van der Waals surface area contributed by atoms with Crippen LogP contribution in [0.15, 0.2) is 54.6 Å². The minimum Gasteiger partial charge on any atom is -0.383 e. The van der Waals surface area contributed by atoms with E-state index >= 15 is 0 Å². The second kappa shape index (κ2) is 6.33. The van der Waals surface area contributed by atoms with Crippen LogP contribution in [-0.2, 0) is 0 Å². The van der Waals surface area contributed by atoms with E-state index in [4.69, 9.17) is 11.6 Å². The van der Waals surface area contributed by atoms with Gasteiger partial charge in [-0.25, -0.2) is 0 Å². The number of carbonyl (C=O) groups excluding carboxylic acids is 1. The first-order chi connectivity index (χ1) is 9.09. The van der Waals surface area contributed by atoms with E-state index in [0.29, 0.717) is 10.6 Å². The fourth-order valence-electron chi connectivity index (χ4n) is 1.74. The van der Waals surface area contributed by atoms with Gasteiger partial charge in [0.1, 0.15) is 6.10 Å². The van der Waals surface area contributed by atoms with Crippen LogP contribution < -0.4 is 0 Å². The molecule has 0 fully saturated rings. The van der Waals surface area contributed by atoms with Crippen molar-refractivity contribution in [2.24, 2.45) is 0 Å². The number of ketones is 1. The van der Waals surface area contributed by atoms with Crippen LogP contribution in [0.1, 0.15) is 20.7 Å². The molecule has 0 aliphatic carbocycles. The molecule has 0 bridgehead atoms. The molecule has 0 unspecified atom stereocenters. The van der Waals surface area contributed by atoms with Gasteiger partial charge in [0.25, 0.3) is 0 Å². The van der Waals surface area contributed by atoms with Gasteiger partial charge >= 0.3 is 0 Å². The molecule has 0 saturated heterocycles. The number of benzene rings is 2. The molecule has 2 atom stereocenters. The summed E-state index contributed by atoms with van der Waals surface area (Å²) in [4.78, 5) is 11.7. The average molecular weight is 340 g/mol. The molecule has 4 heteroatoms. The first kappa shape index (κ1) is 14.3. The van der Waals surface area contributed by atoms with Gasteiger partial charge in [0.2, 0.25) is 0 Å². The molecule has 0 spiro atoms. The number of alkyl halides is 1. The van der Waals surface area contributed by atoms with Crippen molar-refractivity contribution in [1.29, 1.82) is 0 Å². The number of aliphatic hydroxyl groups excluding tert-OH is 1. The zero-order chi connectivity index (χ0) is 13.8. The predicted molar refractivity (Wildman–Crippen MR) is 79.9 cm³/mol. The number of aliphatic hydroxyl groups is 1. The van der Waals surface area contributed by atoms with Crippen LogP contribution in [0.2, 0.25) is 5.02 Å². The summed E-state index contributed by atoms with van der Waals surface area (Å²) >= 11 is 9.14. The van der Waals surface area contributed by atoms with Crippen molar-refractivity contribution < 1.29 is 9.90 Å². The Morgan fingerprint density at radius 3 is 2.21 bits per heavy atom. The minimum atomic E-state index is -1.14. The van der Waals surface area contributed by atoms with E-state index < -0.39 is 10.9 Å². The SMILES string of the molecule is O=C(c1ccc(Cl)cc1)[C@@H](O)[C@H](Br)c1ccccc1. The molecular weight excluding hydrogens is 328 g/mol. The van der Waals surface area contributed by atoms with Gasteiger partial charge in [-0.3, -0.25) is 4.79 Å². The van der Waals surface area contributed by atoms with Gasteiger partial charge in [-0.2, -0.15) is 0 Å². The molecule has 0 aliphatic heterocycles. The zero-order valence-corrected chi connectivity index (χ0v) is 12.3. The fourth-order valence-corrected chi connectivity index (χ4v) is 2.41. The van der Waals surface area contributed by atoms with Crippen molar-refractivity contribution >= 4 is 33.3 Å². The van der Waals surface area contributed by atoms with Gasteiger partial charge < -0.3 is 5.11 Å². The summed E-state index contributed by atoms with van der Waals surface area (Å²) in [6.45, 7) is 0. The van der Waals surface area contributed by atoms with Crippen LogP contribution in [0.3, 0.4) is 0 Å². The van der Waals surface area contributed by atoms with E-state index in [1.165, 1.54) is 0 Å². The van der Waals surface area contributed by atoms with E-state index in [-0.39, 0.29) is 5.78 Å².